The van der Waals surface area contributed by atoms with Crippen LogP contribution < -0.4 is 4.74 Å². The SMILES string of the molecule is C/C(=N\O)c1ccccc1OCCOCCC(C)C. The van der Waals surface area contributed by atoms with E-state index in [-0.39, 0.29) is 0 Å². The summed E-state index contributed by atoms with van der Waals surface area (Å²) in [6.07, 6.45) is 1.06. The van der Waals surface area contributed by atoms with Gasteiger partial charge in [-0.25, -0.2) is 0 Å². The Labute approximate surface area is 115 Å². The van der Waals surface area contributed by atoms with Gasteiger partial charge in [-0.1, -0.05) is 31.1 Å². The van der Waals surface area contributed by atoms with Crippen LogP contribution in [-0.4, -0.2) is 30.7 Å². The standard InChI is InChI=1S/C15H23NO3/c1-12(2)8-9-18-10-11-19-15-7-5-4-6-14(15)13(3)16-17/h4-7,12,17H,8-11H2,1-3H3/b16-13+. The lowest BCUT2D eigenvalue weighted by molar-refractivity contribution is 0.0925. The number of hydrogen-bond donors (Lipinski definition) is 1. The van der Waals surface area contributed by atoms with Gasteiger partial charge in [-0.3, -0.25) is 0 Å². The summed E-state index contributed by atoms with van der Waals surface area (Å²) in [7, 11) is 0. The third kappa shape index (κ3) is 5.75. The minimum absolute atomic E-state index is 0.494. The average molecular weight is 265 g/mol. The maximum absolute atomic E-state index is 8.81. The first-order chi connectivity index (χ1) is 9.15. The van der Waals surface area contributed by atoms with Crippen molar-refractivity contribution in [1.29, 1.82) is 0 Å². The number of oxime groups is 1. The fraction of sp³-hybridized carbons (Fsp3) is 0.533. The highest BCUT2D eigenvalue weighted by atomic mass is 16.5. The number of ether oxygens (including phenoxy) is 2. The molecule has 0 amide bonds. The summed E-state index contributed by atoms with van der Waals surface area (Å²) in [5.41, 5.74) is 1.34. The zero-order chi connectivity index (χ0) is 14.1. The zero-order valence-electron chi connectivity index (χ0n) is 11.9. The summed E-state index contributed by atoms with van der Waals surface area (Å²) in [5, 5.41) is 12.0. The Balaban J connectivity index is 2.37. The quantitative estimate of drug-likeness (QED) is 0.339. The first-order valence-electron chi connectivity index (χ1n) is 6.63. The van der Waals surface area contributed by atoms with Gasteiger partial charge in [0.25, 0.3) is 0 Å². The van der Waals surface area contributed by atoms with Crippen molar-refractivity contribution in [3.05, 3.63) is 29.8 Å². The van der Waals surface area contributed by atoms with E-state index in [4.69, 9.17) is 14.7 Å². The average Bonchev–Trinajstić information content (AvgIpc) is 2.42. The van der Waals surface area contributed by atoms with Crippen LogP contribution in [0.5, 0.6) is 5.75 Å². The molecule has 0 heterocycles. The molecule has 4 heteroatoms. The summed E-state index contributed by atoms with van der Waals surface area (Å²) >= 11 is 0. The third-order valence-corrected chi connectivity index (χ3v) is 2.75. The van der Waals surface area contributed by atoms with Gasteiger partial charge in [0.2, 0.25) is 0 Å². The fourth-order valence-electron chi connectivity index (χ4n) is 1.58. The predicted octanol–water partition coefficient (Wildman–Crippen LogP) is 3.33. The van der Waals surface area contributed by atoms with Crippen molar-refractivity contribution in [3.63, 3.8) is 0 Å². The van der Waals surface area contributed by atoms with Gasteiger partial charge in [0, 0.05) is 12.2 Å². The van der Waals surface area contributed by atoms with Gasteiger partial charge in [-0.05, 0) is 31.4 Å². The maximum atomic E-state index is 8.81. The van der Waals surface area contributed by atoms with Crippen molar-refractivity contribution in [2.45, 2.75) is 27.2 Å². The van der Waals surface area contributed by atoms with Crippen LogP contribution in [0.3, 0.4) is 0 Å². The normalized spacial score (nSPS) is 11.9. The van der Waals surface area contributed by atoms with E-state index < -0.39 is 0 Å². The number of hydrogen-bond acceptors (Lipinski definition) is 4. The molecule has 1 aromatic rings. The van der Waals surface area contributed by atoms with Crippen molar-refractivity contribution in [2.75, 3.05) is 19.8 Å². The number of para-hydroxylation sites is 1. The highest BCUT2D eigenvalue weighted by Crippen LogP contribution is 2.18. The Morgan fingerprint density at radius 3 is 2.63 bits per heavy atom. The van der Waals surface area contributed by atoms with Crippen molar-refractivity contribution in [1.82, 2.24) is 0 Å². The first kappa shape index (κ1) is 15.5. The molecule has 0 aliphatic carbocycles. The van der Waals surface area contributed by atoms with Crippen molar-refractivity contribution >= 4 is 5.71 Å². The van der Waals surface area contributed by atoms with E-state index in [1.54, 1.807) is 6.92 Å². The van der Waals surface area contributed by atoms with Crippen LogP contribution in [0, 0.1) is 5.92 Å². The molecule has 1 rings (SSSR count). The van der Waals surface area contributed by atoms with Gasteiger partial charge >= 0.3 is 0 Å². The van der Waals surface area contributed by atoms with Crippen LogP contribution >= 0.6 is 0 Å². The Kier molecular flexibility index (Phi) is 6.97. The minimum Gasteiger partial charge on any atom is -0.490 e. The van der Waals surface area contributed by atoms with Gasteiger partial charge < -0.3 is 14.7 Å². The van der Waals surface area contributed by atoms with Crippen LogP contribution in [0.4, 0.5) is 0 Å². The van der Waals surface area contributed by atoms with Crippen molar-refractivity contribution < 1.29 is 14.7 Å². The molecular formula is C15H23NO3. The van der Waals surface area contributed by atoms with E-state index in [0.29, 0.717) is 30.6 Å². The summed E-state index contributed by atoms with van der Waals surface area (Å²) in [6.45, 7) is 7.91. The van der Waals surface area contributed by atoms with E-state index in [1.165, 1.54) is 0 Å². The lowest BCUT2D eigenvalue weighted by Crippen LogP contribution is -2.10. The molecule has 1 aromatic carbocycles. The molecule has 0 aromatic heterocycles. The molecule has 1 N–H and O–H groups in total. The molecule has 0 aliphatic heterocycles. The molecule has 0 saturated carbocycles. The molecule has 0 fully saturated rings. The lowest BCUT2D eigenvalue weighted by Gasteiger charge is -2.11. The third-order valence-electron chi connectivity index (χ3n) is 2.75. The van der Waals surface area contributed by atoms with Gasteiger partial charge in [-0.15, -0.1) is 0 Å². The Bertz CT molecular complexity index is 402. The topological polar surface area (TPSA) is 51.1 Å². The molecule has 0 spiro atoms. The monoisotopic (exact) mass is 265 g/mol. The lowest BCUT2D eigenvalue weighted by atomic mass is 10.1. The molecule has 0 saturated heterocycles. The highest BCUT2D eigenvalue weighted by Gasteiger charge is 2.06. The van der Waals surface area contributed by atoms with E-state index >= 15 is 0 Å². The van der Waals surface area contributed by atoms with Crippen LogP contribution in [0.2, 0.25) is 0 Å². The molecule has 0 radical (unpaired) electrons. The zero-order valence-corrected chi connectivity index (χ0v) is 11.9. The van der Waals surface area contributed by atoms with Crippen LogP contribution in [0.15, 0.2) is 29.4 Å². The molecule has 0 bridgehead atoms. The molecule has 106 valence electrons. The Morgan fingerprint density at radius 2 is 1.95 bits per heavy atom. The molecule has 0 aliphatic rings. The minimum atomic E-state index is 0.494. The second-order valence-corrected chi connectivity index (χ2v) is 4.82. The fourth-order valence-corrected chi connectivity index (χ4v) is 1.58. The summed E-state index contributed by atoms with van der Waals surface area (Å²) < 4.78 is 11.1. The van der Waals surface area contributed by atoms with Crippen LogP contribution in [0.25, 0.3) is 0 Å². The van der Waals surface area contributed by atoms with Crippen molar-refractivity contribution in [3.8, 4) is 5.75 Å². The van der Waals surface area contributed by atoms with E-state index in [2.05, 4.69) is 19.0 Å². The highest BCUT2D eigenvalue weighted by molar-refractivity contribution is 6.00. The molecule has 0 unspecified atom stereocenters. The predicted molar refractivity (Wildman–Crippen MR) is 76.2 cm³/mol. The second-order valence-electron chi connectivity index (χ2n) is 4.82. The van der Waals surface area contributed by atoms with Crippen molar-refractivity contribution in [2.24, 2.45) is 11.1 Å². The molecule has 4 nitrogen and oxygen atoms in total. The van der Waals surface area contributed by atoms with Crippen LogP contribution in [-0.2, 0) is 4.74 Å². The van der Waals surface area contributed by atoms with Gasteiger partial charge in [0.1, 0.15) is 12.4 Å². The molecular weight excluding hydrogens is 242 g/mol. The molecule has 0 atom stereocenters. The summed E-state index contributed by atoms with van der Waals surface area (Å²) in [5.74, 6) is 1.37. The second kappa shape index (κ2) is 8.53. The van der Waals surface area contributed by atoms with Crippen LogP contribution in [0.1, 0.15) is 32.8 Å². The first-order valence-corrected chi connectivity index (χ1v) is 6.63. The Morgan fingerprint density at radius 1 is 1.21 bits per heavy atom. The van der Waals surface area contributed by atoms with E-state index in [9.17, 15) is 0 Å². The smallest absolute Gasteiger partial charge is 0.128 e. The van der Waals surface area contributed by atoms with Gasteiger partial charge in [-0.2, -0.15) is 0 Å². The Hall–Kier alpha value is -1.55. The van der Waals surface area contributed by atoms with Gasteiger partial charge in [0.05, 0.1) is 12.3 Å². The summed E-state index contributed by atoms with van der Waals surface area (Å²) in [4.78, 5) is 0. The molecule has 19 heavy (non-hydrogen) atoms. The largest absolute Gasteiger partial charge is 0.490 e. The summed E-state index contributed by atoms with van der Waals surface area (Å²) in [6, 6.07) is 7.50. The maximum Gasteiger partial charge on any atom is 0.128 e. The number of rotatable bonds is 8. The van der Waals surface area contributed by atoms with E-state index in [0.717, 1.165) is 18.6 Å². The van der Waals surface area contributed by atoms with Gasteiger partial charge in [0.15, 0.2) is 0 Å². The number of nitrogens with zero attached hydrogens (tertiary/aromatic N) is 1. The van der Waals surface area contributed by atoms with E-state index in [1.807, 2.05) is 24.3 Å². The number of benzene rings is 1.